The fourth-order valence-corrected chi connectivity index (χ4v) is 1.75. The quantitative estimate of drug-likeness (QED) is 0.754. The third-order valence-corrected chi connectivity index (χ3v) is 2.61. The molecular weight excluding hydrogens is 220 g/mol. The van der Waals surface area contributed by atoms with Gasteiger partial charge in [-0.25, -0.2) is 0 Å². The van der Waals surface area contributed by atoms with Crippen molar-refractivity contribution in [1.82, 2.24) is 9.97 Å². The third-order valence-electron chi connectivity index (χ3n) is 2.25. The lowest BCUT2D eigenvalue weighted by Gasteiger charge is -2.07. The molecule has 0 saturated carbocycles. The SMILES string of the molecule is C=CCc1c(Cl)ccnc1-c1ccccn1. The number of hydrogen-bond donors (Lipinski definition) is 0. The van der Waals surface area contributed by atoms with Gasteiger partial charge in [0.05, 0.1) is 11.4 Å². The second-order valence-electron chi connectivity index (χ2n) is 3.33. The molecule has 2 aromatic heterocycles. The Labute approximate surface area is 99.6 Å². The second kappa shape index (κ2) is 4.90. The van der Waals surface area contributed by atoms with Crippen LogP contribution in [0.4, 0.5) is 0 Å². The average molecular weight is 231 g/mol. The number of pyridine rings is 2. The van der Waals surface area contributed by atoms with Gasteiger partial charge in [0.2, 0.25) is 0 Å². The molecule has 0 bridgehead atoms. The van der Waals surface area contributed by atoms with Crippen LogP contribution in [-0.4, -0.2) is 9.97 Å². The second-order valence-corrected chi connectivity index (χ2v) is 3.73. The standard InChI is InChI=1S/C13H11ClN2/c1-2-5-10-11(14)7-9-16-13(10)12-6-3-4-8-15-12/h2-4,6-9H,1,5H2. The smallest absolute Gasteiger partial charge is 0.0936 e. The van der Waals surface area contributed by atoms with Gasteiger partial charge in [0.15, 0.2) is 0 Å². The lowest BCUT2D eigenvalue weighted by atomic mass is 10.1. The monoisotopic (exact) mass is 230 g/mol. The number of rotatable bonds is 3. The van der Waals surface area contributed by atoms with E-state index in [-0.39, 0.29) is 0 Å². The Morgan fingerprint density at radius 1 is 1.19 bits per heavy atom. The number of nitrogens with zero attached hydrogens (tertiary/aromatic N) is 2. The minimum absolute atomic E-state index is 0.693. The molecule has 0 aliphatic heterocycles. The van der Waals surface area contributed by atoms with Crippen molar-refractivity contribution in [3.63, 3.8) is 0 Å². The average Bonchev–Trinajstić information content (AvgIpc) is 2.33. The highest BCUT2D eigenvalue weighted by Crippen LogP contribution is 2.26. The molecule has 0 aromatic carbocycles. The Kier molecular flexibility index (Phi) is 3.32. The molecule has 0 spiro atoms. The molecule has 3 heteroatoms. The van der Waals surface area contributed by atoms with Gasteiger partial charge in [-0.2, -0.15) is 0 Å². The predicted molar refractivity (Wildman–Crippen MR) is 66.4 cm³/mol. The Balaban J connectivity index is 2.56. The molecule has 80 valence electrons. The van der Waals surface area contributed by atoms with E-state index < -0.39 is 0 Å². The van der Waals surface area contributed by atoms with E-state index >= 15 is 0 Å². The lowest BCUT2D eigenvalue weighted by molar-refractivity contribution is 1.17. The van der Waals surface area contributed by atoms with Crippen LogP contribution in [0.5, 0.6) is 0 Å². The van der Waals surface area contributed by atoms with Crippen molar-refractivity contribution in [2.45, 2.75) is 6.42 Å². The van der Waals surface area contributed by atoms with Gasteiger partial charge in [-0.15, -0.1) is 6.58 Å². The van der Waals surface area contributed by atoms with Gasteiger partial charge in [-0.05, 0) is 24.6 Å². The zero-order chi connectivity index (χ0) is 11.4. The van der Waals surface area contributed by atoms with Crippen LogP contribution in [0.15, 0.2) is 49.3 Å². The first kappa shape index (κ1) is 10.8. The van der Waals surface area contributed by atoms with E-state index in [2.05, 4.69) is 16.5 Å². The first-order chi connectivity index (χ1) is 7.83. The van der Waals surface area contributed by atoms with Crippen LogP contribution < -0.4 is 0 Å². The van der Waals surface area contributed by atoms with Gasteiger partial charge < -0.3 is 0 Å². The molecule has 0 amide bonds. The van der Waals surface area contributed by atoms with Crippen molar-refractivity contribution >= 4 is 11.6 Å². The Morgan fingerprint density at radius 2 is 2.06 bits per heavy atom. The van der Waals surface area contributed by atoms with Gasteiger partial charge in [-0.1, -0.05) is 23.7 Å². The van der Waals surface area contributed by atoms with Crippen molar-refractivity contribution in [2.24, 2.45) is 0 Å². The Bertz CT molecular complexity index is 495. The Morgan fingerprint density at radius 3 is 2.75 bits per heavy atom. The van der Waals surface area contributed by atoms with Crippen LogP contribution in [0.25, 0.3) is 11.4 Å². The highest BCUT2D eigenvalue weighted by atomic mass is 35.5. The molecular formula is C13H11ClN2. The van der Waals surface area contributed by atoms with Crippen molar-refractivity contribution in [2.75, 3.05) is 0 Å². The van der Waals surface area contributed by atoms with Crippen LogP contribution in [0, 0.1) is 0 Å². The summed E-state index contributed by atoms with van der Waals surface area (Å²) in [4.78, 5) is 8.61. The molecule has 0 N–H and O–H groups in total. The fraction of sp³-hybridized carbons (Fsp3) is 0.0769. The van der Waals surface area contributed by atoms with Gasteiger partial charge in [-0.3, -0.25) is 9.97 Å². The first-order valence-corrected chi connectivity index (χ1v) is 5.36. The highest BCUT2D eigenvalue weighted by Gasteiger charge is 2.09. The molecule has 0 radical (unpaired) electrons. The van der Waals surface area contributed by atoms with Crippen LogP contribution in [0.2, 0.25) is 5.02 Å². The number of halogens is 1. The summed E-state index contributed by atoms with van der Waals surface area (Å²) < 4.78 is 0. The zero-order valence-electron chi connectivity index (χ0n) is 8.73. The Hall–Kier alpha value is -1.67. The van der Waals surface area contributed by atoms with Crippen molar-refractivity contribution in [1.29, 1.82) is 0 Å². The maximum Gasteiger partial charge on any atom is 0.0936 e. The fourth-order valence-electron chi connectivity index (χ4n) is 1.53. The first-order valence-electron chi connectivity index (χ1n) is 4.98. The summed E-state index contributed by atoms with van der Waals surface area (Å²) in [6, 6.07) is 7.52. The molecule has 2 heterocycles. The van der Waals surface area contributed by atoms with Gasteiger partial charge >= 0.3 is 0 Å². The number of allylic oxidation sites excluding steroid dienone is 1. The molecule has 0 aliphatic carbocycles. The summed E-state index contributed by atoms with van der Waals surface area (Å²) in [5.74, 6) is 0. The molecule has 0 fully saturated rings. The molecule has 0 saturated heterocycles. The zero-order valence-corrected chi connectivity index (χ0v) is 9.48. The van der Waals surface area contributed by atoms with E-state index in [1.54, 1.807) is 18.5 Å². The number of aromatic nitrogens is 2. The van der Waals surface area contributed by atoms with Crippen molar-refractivity contribution in [3.05, 3.63) is 59.9 Å². The number of hydrogen-bond acceptors (Lipinski definition) is 2. The maximum atomic E-state index is 6.14. The van der Waals surface area contributed by atoms with Crippen LogP contribution in [0.1, 0.15) is 5.56 Å². The lowest BCUT2D eigenvalue weighted by Crippen LogP contribution is -1.94. The van der Waals surface area contributed by atoms with E-state index in [4.69, 9.17) is 11.6 Å². The van der Waals surface area contributed by atoms with Crippen LogP contribution in [-0.2, 0) is 6.42 Å². The molecule has 2 aromatic rings. The minimum atomic E-state index is 0.693. The minimum Gasteiger partial charge on any atom is -0.255 e. The van der Waals surface area contributed by atoms with E-state index in [9.17, 15) is 0 Å². The highest BCUT2D eigenvalue weighted by molar-refractivity contribution is 6.31. The van der Waals surface area contributed by atoms with Gasteiger partial charge in [0.1, 0.15) is 0 Å². The largest absolute Gasteiger partial charge is 0.255 e. The summed E-state index contributed by atoms with van der Waals surface area (Å²) in [7, 11) is 0. The van der Waals surface area contributed by atoms with Crippen molar-refractivity contribution < 1.29 is 0 Å². The molecule has 0 atom stereocenters. The summed E-state index contributed by atoms with van der Waals surface area (Å²) in [5.41, 5.74) is 2.63. The maximum absolute atomic E-state index is 6.14. The molecule has 0 aliphatic rings. The third kappa shape index (κ3) is 2.12. The molecule has 2 nitrogen and oxygen atoms in total. The molecule has 2 rings (SSSR count). The molecule has 0 unspecified atom stereocenters. The summed E-state index contributed by atoms with van der Waals surface area (Å²) in [6.07, 6.45) is 5.95. The normalized spacial score (nSPS) is 10.1. The van der Waals surface area contributed by atoms with Gasteiger partial charge in [0, 0.05) is 23.0 Å². The topological polar surface area (TPSA) is 25.8 Å². The summed E-state index contributed by atoms with van der Waals surface area (Å²) in [5, 5.41) is 0.704. The van der Waals surface area contributed by atoms with E-state index in [0.29, 0.717) is 11.4 Å². The van der Waals surface area contributed by atoms with E-state index in [1.165, 1.54) is 0 Å². The molecule has 16 heavy (non-hydrogen) atoms. The van der Waals surface area contributed by atoms with E-state index in [0.717, 1.165) is 17.0 Å². The summed E-state index contributed by atoms with van der Waals surface area (Å²) in [6.45, 7) is 3.73. The van der Waals surface area contributed by atoms with Crippen LogP contribution in [0.3, 0.4) is 0 Å². The van der Waals surface area contributed by atoms with Crippen LogP contribution >= 0.6 is 11.6 Å². The van der Waals surface area contributed by atoms with E-state index in [1.807, 2.05) is 24.3 Å². The summed E-state index contributed by atoms with van der Waals surface area (Å²) >= 11 is 6.14. The van der Waals surface area contributed by atoms with Gasteiger partial charge in [0.25, 0.3) is 0 Å². The predicted octanol–water partition coefficient (Wildman–Crippen LogP) is 3.53. The van der Waals surface area contributed by atoms with Crippen molar-refractivity contribution in [3.8, 4) is 11.4 Å².